The molecular formula is C14H17Br2NOS. The highest BCUT2D eigenvalue weighted by Gasteiger charge is 2.23. The fraction of sp³-hybridized carbons (Fsp3) is 0.500. The lowest BCUT2D eigenvalue weighted by molar-refractivity contribution is 0.0928. The predicted octanol–water partition coefficient (Wildman–Crippen LogP) is 4.62. The predicted molar refractivity (Wildman–Crippen MR) is 88.9 cm³/mol. The molecule has 1 amide bonds. The lowest BCUT2D eigenvalue weighted by atomic mass is 9.94. The summed E-state index contributed by atoms with van der Waals surface area (Å²) >= 11 is 8.74. The van der Waals surface area contributed by atoms with Gasteiger partial charge in [-0.1, -0.05) is 38.3 Å². The van der Waals surface area contributed by atoms with E-state index >= 15 is 0 Å². The van der Waals surface area contributed by atoms with Gasteiger partial charge >= 0.3 is 0 Å². The van der Waals surface area contributed by atoms with Crippen LogP contribution in [0.1, 0.15) is 36.0 Å². The zero-order chi connectivity index (χ0) is 13.8. The van der Waals surface area contributed by atoms with Crippen molar-refractivity contribution in [1.82, 2.24) is 5.32 Å². The molecule has 1 saturated carbocycles. The van der Waals surface area contributed by atoms with Gasteiger partial charge in [-0.15, -0.1) is 0 Å². The monoisotopic (exact) mass is 405 g/mol. The van der Waals surface area contributed by atoms with Crippen LogP contribution in [0, 0.1) is 0 Å². The third kappa shape index (κ3) is 4.50. The van der Waals surface area contributed by atoms with Crippen molar-refractivity contribution < 1.29 is 4.79 Å². The minimum absolute atomic E-state index is 0.0220. The highest BCUT2D eigenvalue weighted by Crippen LogP contribution is 2.27. The number of nitrogens with one attached hydrogen (secondary N) is 1. The normalized spacial score (nSPS) is 23.1. The molecule has 0 aliphatic heterocycles. The molecule has 104 valence electrons. The molecule has 1 fully saturated rings. The van der Waals surface area contributed by atoms with Gasteiger partial charge in [0.2, 0.25) is 0 Å². The molecule has 2 rings (SSSR count). The lowest BCUT2D eigenvalue weighted by Gasteiger charge is -2.28. The number of carbonyl (C=O) groups is 1. The summed E-state index contributed by atoms with van der Waals surface area (Å²) in [6, 6.07) is 5.96. The number of amides is 1. The molecular weight excluding hydrogens is 390 g/mol. The smallest absolute Gasteiger partial charge is 0.251 e. The molecule has 0 heterocycles. The summed E-state index contributed by atoms with van der Waals surface area (Å²) in [6.07, 6.45) is 6.81. The van der Waals surface area contributed by atoms with Gasteiger partial charge < -0.3 is 5.32 Å². The summed E-state index contributed by atoms with van der Waals surface area (Å²) in [7, 11) is 0. The highest BCUT2D eigenvalue weighted by molar-refractivity contribution is 9.11. The van der Waals surface area contributed by atoms with E-state index < -0.39 is 0 Å². The average molecular weight is 407 g/mol. The van der Waals surface area contributed by atoms with Gasteiger partial charge in [0.25, 0.3) is 5.91 Å². The Morgan fingerprint density at radius 1 is 1.26 bits per heavy atom. The number of benzene rings is 1. The van der Waals surface area contributed by atoms with Gasteiger partial charge in [-0.2, -0.15) is 11.8 Å². The van der Waals surface area contributed by atoms with E-state index in [1.807, 2.05) is 30.0 Å². The van der Waals surface area contributed by atoms with Crippen LogP contribution >= 0.6 is 43.6 Å². The van der Waals surface area contributed by atoms with E-state index in [1.54, 1.807) is 0 Å². The van der Waals surface area contributed by atoms with E-state index in [4.69, 9.17) is 0 Å². The van der Waals surface area contributed by atoms with Gasteiger partial charge in [0.15, 0.2) is 0 Å². The number of carbonyl (C=O) groups excluding carboxylic acids is 1. The quantitative estimate of drug-likeness (QED) is 0.793. The largest absolute Gasteiger partial charge is 0.349 e. The van der Waals surface area contributed by atoms with E-state index in [-0.39, 0.29) is 5.91 Å². The van der Waals surface area contributed by atoms with Crippen LogP contribution in [-0.4, -0.2) is 23.5 Å². The Balaban J connectivity index is 2.00. The van der Waals surface area contributed by atoms with Crippen LogP contribution in [0.2, 0.25) is 0 Å². The Hall–Kier alpha value is -0.000000000000000111. The van der Waals surface area contributed by atoms with Crippen LogP contribution in [-0.2, 0) is 0 Å². The summed E-state index contributed by atoms with van der Waals surface area (Å²) in [5.74, 6) is 0.0220. The fourth-order valence-electron chi connectivity index (χ4n) is 2.44. The van der Waals surface area contributed by atoms with Crippen molar-refractivity contribution in [3.05, 3.63) is 32.7 Å². The molecule has 1 N–H and O–H groups in total. The molecule has 2 nitrogen and oxygen atoms in total. The van der Waals surface area contributed by atoms with Crippen molar-refractivity contribution in [2.45, 2.75) is 37.0 Å². The van der Waals surface area contributed by atoms with E-state index in [0.29, 0.717) is 16.9 Å². The van der Waals surface area contributed by atoms with Crippen molar-refractivity contribution in [2.24, 2.45) is 0 Å². The Morgan fingerprint density at radius 2 is 1.95 bits per heavy atom. The standard InChI is InChI=1S/C14H17Br2NOS/c1-19-13-4-2-3-12(8-13)17-14(18)9-5-10(15)7-11(16)6-9/h5-7,12-13H,2-4,8H2,1H3,(H,17,18). The molecule has 0 aromatic heterocycles. The van der Waals surface area contributed by atoms with Crippen LogP contribution in [0.5, 0.6) is 0 Å². The maximum absolute atomic E-state index is 12.3. The maximum Gasteiger partial charge on any atom is 0.251 e. The van der Waals surface area contributed by atoms with Gasteiger partial charge in [-0.05, 0) is 43.7 Å². The zero-order valence-electron chi connectivity index (χ0n) is 10.8. The number of halogens is 2. The summed E-state index contributed by atoms with van der Waals surface area (Å²) < 4.78 is 1.83. The number of hydrogen-bond donors (Lipinski definition) is 1. The molecule has 0 radical (unpaired) electrons. The molecule has 1 aliphatic carbocycles. The second kappa shape index (κ2) is 7.14. The molecule has 0 spiro atoms. The third-order valence-electron chi connectivity index (χ3n) is 3.42. The van der Waals surface area contributed by atoms with Crippen LogP contribution < -0.4 is 5.32 Å². The molecule has 19 heavy (non-hydrogen) atoms. The molecule has 1 aromatic rings. The Kier molecular flexibility index (Phi) is 5.78. The average Bonchev–Trinajstić information content (AvgIpc) is 2.37. The minimum Gasteiger partial charge on any atom is -0.349 e. The second-order valence-electron chi connectivity index (χ2n) is 4.85. The summed E-state index contributed by atoms with van der Waals surface area (Å²) in [4.78, 5) is 12.3. The van der Waals surface area contributed by atoms with E-state index in [2.05, 4.69) is 43.4 Å². The van der Waals surface area contributed by atoms with Gasteiger partial charge in [0, 0.05) is 25.8 Å². The first-order valence-corrected chi connectivity index (χ1v) is 9.25. The molecule has 1 aromatic carbocycles. The topological polar surface area (TPSA) is 29.1 Å². The lowest BCUT2D eigenvalue weighted by Crippen LogP contribution is -2.39. The van der Waals surface area contributed by atoms with Gasteiger partial charge in [-0.3, -0.25) is 4.79 Å². The van der Waals surface area contributed by atoms with Gasteiger partial charge in [0.1, 0.15) is 0 Å². The van der Waals surface area contributed by atoms with E-state index in [9.17, 15) is 4.79 Å². The summed E-state index contributed by atoms with van der Waals surface area (Å²) in [5, 5.41) is 3.85. The number of thioether (sulfide) groups is 1. The molecule has 0 bridgehead atoms. The minimum atomic E-state index is 0.0220. The number of hydrogen-bond acceptors (Lipinski definition) is 2. The molecule has 1 aliphatic rings. The SMILES string of the molecule is CSC1CCCC(NC(=O)c2cc(Br)cc(Br)c2)C1. The van der Waals surface area contributed by atoms with Crippen LogP contribution in [0.4, 0.5) is 0 Å². The van der Waals surface area contributed by atoms with Crippen molar-refractivity contribution in [3.63, 3.8) is 0 Å². The van der Waals surface area contributed by atoms with Crippen LogP contribution in [0.15, 0.2) is 27.1 Å². The highest BCUT2D eigenvalue weighted by atomic mass is 79.9. The molecule has 5 heteroatoms. The fourth-order valence-corrected chi connectivity index (χ4v) is 4.56. The third-order valence-corrected chi connectivity index (χ3v) is 5.43. The van der Waals surface area contributed by atoms with E-state index in [0.717, 1.165) is 21.8 Å². The molecule has 2 unspecified atom stereocenters. The van der Waals surface area contributed by atoms with Crippen LogP contribution in [0.3, 0.4) is 0 Å². The Labute approximate surface area is 135 Å². The van der Waals surface area contributed by atoms with E-state index in [1.165, 1.54) is 12.8 Å². The first-order valence-electron chi connectivity index (χ1n) is 6.38. The second-order valence-corrected chi connectivity index (χ2v) is 7.82. The van der Waals surface area contributed by atoms with Crippen molar-refractivity contribution >= 4 is 49.5 Å². The van der Waals surface area contributed by atoms with Gasteiger partial charge in [-0.25, -0.2) is 0 Å². The Morgan fingerprint density at radius 3 is 2.58 bits per heavy atom. The first-order chi connectivity index (χ1) is 9.08. The maximum atomic E-state index is 12.3. The van der Waals surface area contributed by atoms with Crippen molar-refractivity contribution in [1.29, 1.82) is 0 Å². The summed E-state index contributed by atoms with van der Waals surface area (Å²) in [5.41, 5.74) is 0.701. The van der Waals surface area contributed by atoms with Crippen LogP contribution in [0.25, 0.3) is 0 Å². The van der Waals surface area contributed by atoms with Crippen molar-refractivity contribution in [2.75, 3.05) is 6.26 Å². The van der Waals surface area contributed by atoms with Gasteiger partial charge in [0.05, 0.1) is 0 Å². The summed E-state index contributed by atoms with van der Waals surface area (Å²) in [6.45, 7) is 0. The number of rotatable bonds is 3. The molecule has 0 saturated heterocycles. The Bertz CT molecular complexity index is 447. The zero-order valence-corrected chi connectivity index (χ0v) is 14.8. The first kappa shape index (κ1) is 15.4. The van der Waals surface area contributed by atoms with Crippen molar-refractivity contribution in [3.8, 4) is 0 Å². The molecule has 2 atom stereocenters.